The van der Waals surface area contributed by atoms with Crippen molar-refractivity contribution in [3.05, 3.63) is 70.8 Å². The van der Waals surface area contributed by atoms with E-state index in [4.69, 9.17) is 0 Å². The summed E-state index contributed by atoms with van der Waals surface area (Å²) in [6.45, 7) is 6.31. The average molecular weight is 352 g/mol. The van der Waals surface area contributed by atoms with Gasteiger partial charge in [0.1, 0.15) is 0 Å². The molecule has 2 rings (SSSR count). The summed E-state index contributed by atoms with van der Waals surface area (Å²) in [5, 5.41) is 9.52. The number of carbonyl (C=O) groups is 1. The number of aryl methyl sites for hydroxylation is 2. The lowest BCUT2D eigenvalue weighted by Gasteiger charge is -2.13. The second-order valence-electron chi connectivity index (χ2n) is 6.26. The van der Waals surface area contributed by atoms with Crippen LogP contribution in [-0.2, 0) is 6.54 Å². The fourth-order valence-electron chi connectivity index (χ4n) is 2.63. The molecule has 0 fully saturated rings. The Labute approximate surface area is 155 Å². The van der Waals surface area contributed by atoms with Gasteiger partial charge in [-0.15, -0.1) is 0 Å². The molecule has 0 aliphatic carbocycles. The van der Waals surface area contributed by atoms with Crippen LogP contribution in [0.4, 0.5) is 0 Å². The molecular weight excluding hydrogens is 324 g/mol. The van der Waals surface area contributed by atoms with Crippen LogP contribution >= 0.6 is 0 Å². The summed E-state index contributed by atoms with van der Waals surface area (Å²) < 4.78 is 0. The molecule has 0 heterocycles. The molecule has 26 heavy (non-hydrogen) atoms. The van der Waals surface area contributed by atoms with Gasteiger partial charge in [-0.2, -0.15) is 0 Å². The highest BCUT2D eigenvalue weighted by molar-refractivity contribution is 5.94. The molecule has 0 aliphatic rings. The van der Waals surface area contributed by atoms with Crippen molar-refractivity contribution >= 4 is 11.9 Å². The van der Waals surface area contributed by atoms with Crippen LogP contribution in [0.1, 0.15) is 33.5 Å². The van der Waals surface area contributed by atoms with E-state index in [-0.39, 0.29) is 5.91 Å². The highest BCUT2D eigenvalue weighted by Gasteiger charge is 2.04. The summed E-state index contributed by atoms with van der Waals surface area (Å²) in [7, 11) is 1.76. The molecule has 0 atom stereocenters. The largest absolute Gasteiger partial charge is 0.356 e. The topological polar surface area (TPSA) is 65.5 Å². The van der Waals surface area contributed by atoms with Crippen molar-refractivity contribution < 1.29 is 4.79 Å². The van der Waals surface area contributed by atoms with Crippen molar-refractivity contribution in [1.29, 1.82) is 0 Å². The number of nitrogens with one attached hydrogen (secondary N) is 3. The zero-order valence-electron chi connectivity index (χ0n) is 15.8. The SMILES string of the molecule is CN=C(NCCCNC(=O)c1ccccc1)NCc1ccc(C)cc1C. The van der Waals surface area contributed by atoms with Crippen LogP contribution in [0.25, 0.3) is 0 Å². The fourth-order valence-corrected chi connectivity index (χ4v) is 2.63. The number of aliphatic imine (C=N–C) groups is 1. The molecule has 0 saturated heterocycles. The van der Waals surface area contributed by atoms with Gasteiger partial charge in [-0.3, -0.25) is 9.79 Å². The summed E-state index contributed by atoms with van der Waals surface area (Å²) in [5.74, 6) is 0.724. The summed E-state index contributed by atoms with van der Waals surface area (Å²) >= 11 is 0. The van der Waals surface area contributed by atoms with E-state index in [2.05, 4.69) is 53.0 Å². The molecule has 5 heteroatoms. The molecule has 0 aliphatic heterocycles. The average Bonchev–Trinajstić information content (AvgIpc) is 2.65. The first-order chi connectivity index (χ1) is 12.6. The van der Waals surface area contributed by atoms with Gasteiger partial charge in [0.25, 0.3) is 5.91 Å². The number of amides is 1. The molecule has 1 amide bonds. The Kier molecular flexibility index (Phi) is 7.68. The van der Waals surface area contributed by atoms with Gasteiger partial charge >= 0.3 is 0 Å². The third-order valence-electron chi connectivity index (χ3n) is 4.14. The van der Waals surface area contributed by atoms with Crippen LogP contribution in [0.3, 0.4) is 0 Å². The Morgan fingerprint density at radius 2 is 1.69 bits per heavy atom. The maximum Gasteiger partial charge on any atom is 0.251 e. The van der Waals surface area contributed by atoms with Gasteiger partial charge in [-0.1, -0.05) is 42.0 Å². The molecule has 0 bridgehead atoms. The number of hydrogen-bond acceptors (Lipinski definition) is 2. The zero-order valence-corrected chi connectivity index (χ0v) is 15.8. The lowest BCUT2D eigenvalue weighted by molar-refractivity contribution is 0.0953. The molecule has 5 nitrogen and oxygen atoms in total. The molecule has 0 saturated carbocycles. The Hall–Kier alpha value is -2.82. The molecule has 2 aromatic rings. The van der Waals surface area contributed by atoms with Gasteiger partial charge in [-0.25, -0.2) is 0 Å². The smallest absolute Gasteiger partial charge is 0.251 e. The second kappa shape index (κ2) is 10.2. The van der Waals surface area contributed by atoms with Crippen molar-refractivity contribution in [1.82, 2.24) is 16.0 Å². The number of carbonyl (C=O) groups excluding carboxylic acids is 1. The van der Waals surface area contributed by atoms with Gasteiger partial charge in [0, 0.05) is 32.2 Å². The first-order valence-electron chi connectivity index (χ1n) is 8.94. The van der Waals surface area contributed by atoms with Gasteiger partial charge in [-0.05, 0) is 43.5 Å². The van der Waals surface area contributed by atoms with E-state index in [0.29, 0.717) is 12.1 Å². The lowest BCUT2D eigenvalue weighted by atomic mass is 10.1. The Bertz CT molecular complexity index is 741. The van der Waals surface area contributed by atoms with E-state index in [1.54, 1.807) is 7.05 Å². The number of guanidine groups is 1. The number of nitrogens with zero attached hydrogens (tertiary/aromatic N) is 1. The molecule has 0 spiro atoms. The van der Waals surface area contributed by atoms with Crippen molar-refractivity contribution in [2.45, 2.75) is 26.8 Å². The Balaban J connectivity index is 1.66. The van der Waals surface area contributed by atoms with Gasteiger partial charge in [0.15, 0.2) is 5.96 Å². The normalized spacial score (nSPS) is 11.1. The third kappa shape index (κ3) is 6.24. The minimum atomic E-state index is -0.0389. The maximum atomic E-state index is 11.9. The summed E-state index contributed by atoms with van der Waals surface area (Å²) in [5.41, 5.74) is 4.49. The predicted molar refractivity (Wildman–Crippen MR) is 108 cm³/mol. The molecular formula is C21H28N4O. The fraction of sp³-hybridized carbons (Fsp3) is 0.333. The highest BCUT2D eigenvalue weighted by atomic mass is 16.1. The van der Waals surface area contributed by atoms with Crippen LogP contribution in [-0.4, -0.2) is 32.0 Å². The number of rotatable bonds is 7. The Morgan fingerprint density at radius 3 is 2.38 bits per heavy atom. The maximum absolute atomic E-state index is 11.9. The molecule has 138 valence electrons. The molecule has 0 radical (unpaired) electrons. The quantitative estimate of drug-likeness (QED) is 0.408. The monoisotopic (exact) mass is 352 g/mol. The molecule has 3 N–H and O–H groups in total. The Morgan fingerprint density at radius 1 is 0.962 bits per heavy atom. The van der Waals surface area contributed by atoms with Crippen LogP contribution < -0.4 is 16.0 Å². The van der Waals surface area contributed by atoms with Crippen molar-refractivity contribution in [3.8, 4) is 0 Å². The van der Waals surface area contributed by atoms with Crippen LogP contribution in [0, 0.1) is 13.8 Å². The molecule has 2 aromatic carbocycles. The van der Waals surface area contributed by atoms with E-state index in [1.165, 1.54) is 16.7 Å². The summed E-state index contributed by atoms with van der Waals surface area (Å²) in [6, 6.07) is 15.7. The van der Waals surface area contributed by atoms with E-state index in [0.717, 1.165) is 25.5 Å². The summed E-state index contributed by atoms with van der Waals surface area (Å²) in [6.07, 6.45) is 0.822. The lowest BCUT2D eigenvalue weighted by Crippen LogP contribution is -2.38. The highest BCUT2D eigenvalue weighted by Crippen LogP contribution is 2.09. The minimum Gasteiger partial charge on any atom is -0.356 e. The van der Waals surface area contributed by atoms with Gasteiger partial charge in [0.05, 0.1) is 0 Å². The zero-order chi connectivity index (χ0) is 18.8. The second-order valence-corrected chi connectivity index (χ2v) is 6.26. The minimum absolute atomic E-state index is 0.0389. The first-order valence-corrected chi connectivity index (χ1v) is 8.94. The third-order valence-corrected chi connectivity index (χ3v) is 4.14. The van der Waals surface area contributed by atoms with Crippen molar-refractivity contribution in [2.75, 3.05) is 20.1 Å². The van der Waals surface area contributed by atoms with Crippen molar-refractivity contribution in [2.24, 2.45) is 4.99 Å². The first kappa shape index (κ1) is 19.5. The standard InChI is InChI=1S/C21H28N4O/c1-16-10-11-19(17(2)14-16)15-25-21(22-3)24-13-7-12-23-20(26)18-8-5-4-6-9-18/h4-6,8-11,14H,7,12-13,15H2,1-3H3,(H,23,26)(H2,22,24,25). The van der Waals surface area contributed by atoms with E-state index >= 15 is 0 Å². The van der Waals surface area contributed by atoms with E-state index in [9.17, 15) is 4.79 Å². The van der Waals surface area contributed by atoms with E-state index in [1.807, 2.05) is 30.3 Å². The van der Waals surface area contributed by atoms with Crippen LogP contribution in [0.15, 0.2) is 53.5 Å². The van der Waals surface area contributed by atoms with Crippen LogP contribution in [0.2, 0.25) is 0 Å². The van der Waals surface area contributed by atoms with E-state index < -0.39 is 0 Å². The van der Waals surface area contributed by atoms with Crippen molar-refractivity contribution in [3.63, 3.8) is 0 Å². The predicted octanol–water partition coefficient (Wildman–Crippen LogP) is 2.79. The number of hydrogen-bond donors (Lipinski definition) is 3. The molecule has 0 aromatic heterocycles. The van der Waals surface area contributed by atoms with Crippen LogP contribution in [0.5, 0.6) is 0 Å². The van der Waals surface area contributed by atoms with Gasteiger partial charge < -0.3 is 16.0 Å². The number of benzene rings is 2. The molecule has 0 unspecified atom stereocenters. The summed E-state index contributed by atoms with van der Waals surface area (Å²) in [4.78, 5) is 16.2. The van der Waals surface area contributed by atoms with Gasteiger partial charge in [0.2, 0.25) is 0 Å².